The van der Waals surface area contributed by atoms with E-state index in [4.69, 9.17) is 5.73 Å². The Hall–Kier alpha value is -1.17. The van der Waals surface area contributed by atoms with Gasteiger partial charge in [-0.1, -0.05) is 6.92 Å². The second-order valence-electron chi connectivity index (χ2n) is 3.36. The molecule has 5 N–H and O–H groups in total. The number of nitrogen functional groups attached to an aromatic ring is 1. The minimum atomic E-state index is -3.85. The average molecular weight is 297 g/mol. The zero-order valence-corrected chi connectivity index (χ0v) is 11.3. The maximum absolute atomic E-state index is 11.7. The quantitative estimate of drug-likeness (QED) is 0.467. The van der Waals surface area contributed by atoms with Gasteiger partial charge in [-0.2, -0.15) is 5.10 Å². The summed E-state index contributed by atoms with van der Waals surface area (Å²) in [6.45, 7) is 1.64. The number of nitrogens with one attached hydrogen (secondary N) is 3. The highest BCUT2D eigenvalue weighted by Gasteiger charge is 2.19. The molecule has 11 heteroatoms. The van der Waals surface area contributed by atoms with Gasteiger partial charge in [0.05, 0.1) is 11.9 Å². The highest BCUT2D eigenvalue weighted by Crippen LogP contribution is 2.12. The highest BCUT2D eigenvalue weighted by molar-refractivity contribution is 7.90. The Morgan fingerprint density at radius 2 is 2.00 bits per heavy atom. The summed E-state index contributed by atoms with van der Waals surface area (Å²) >= 11 is 0. The van der Waals surface area contributed by atoms with Crippen molar-refractivity contribution in [1.82, 2.24) is 19.6 Å². The van der Waals surface area contributed by atoms with Gasteiger partial charge in [-0.3, -0.25) is 5.10 Å². The average Bonchev–Trinajstić information content (AvgIpc) is 2.64. The molecule has 0 aromatic carbocycles. The number of nitrogens with two attached hydrogens (primary N) is 1. The number of aromatic amines is 1. The number of hydrogen-bond acceptors (Lipinski definition) is 6. The minimum absolute atomic E-state index is 0.1000. The molecule has 1 rings (SSSR count). The third-order valence-corrected chi connectivity index (χ3v) is 4.91. The fraction of sp³-hybridized carbons (Fsp3) is 0.571. The summed E-state index contributed by atoms with van der Waals surface area (Å²) in [6, 6.07) is 0. The molecule has 9 nitrogen and oxygen atoms in total. The van der Waals surface area contributed by atoms with Crippen LogP contribution in [0.3, 0.4) is 0 Å². The van der Waals surface area contributed by atoms with Crippen LogP contribution in [0.1, 0.15) is 6.92 Å². The van der Waals surface area contributed by atoms with E-state index in [0.717, 1.165) is 6.20 Å². The molecule has 0 aliphatic carbocycles. The zero-order valence-electron chi connectivity index (χ0n) is 9.67. The number of anilines is 1. The van der Waals surface area contributed by atoms with Crippen molar-refractivity contribution in [2.75, 3.05) is 24.6 Å². The van der Waals surface area contributed by atoms with Crippen LogP contribution in [0.5, 0.6) is 0 Å². The van der Waals surface area contributed by atoms with E-state index in [1.807, 2.05) is 0 Å². The van der Waals surface area contributed by atoms with E-state index in [2.05, 4.69) is 19.6 Å². The van der Waals surface area contributed by atoms with Crippen molar-refractivity contribution in [3.63, 3.8) is 0 Å². The fourth-order valence-electron chi connectivity index (χ4n) is 1.18. The predicted octanol–water partition coefficient (Wildman–Crippen LogP) is -1.79. The standard InChI is InChI=1S/C7H15N5O4S2/c1-2-10-17(13,14)4-3-11-18(15,16)6-5-9-12-7(6)8/h5,10-11H,2-4H2,1H3,(H3,8,9,12). The summed E-state index contributed by atoms with van der Waals surface area (Å²) in [5, 5.41) is 5.75. The van der Waals surface area contributed by atoms with E-state index in [-0.39, 0.29) is 29.6 Å². The lowest BCUT2D eigenvalue weighted by Gasteiger charge is -2.06. The van der Waals surface area contributed by atoms with Crippen molar-refractivity contribution in [3.05, 3.63) is 6.20 Å². The fourth-order valence-corrected chi connectivity index (χ4v) is 3.32. The number of hydrogen-bond donors (Lipinski definition) is 4. The smallest absolute Gasteiger partial charge is 0.245 e. The first-order valence-corrected chi connectivity index (χ1v) is 8.18. The van der Waals surface area contributed by atoms with Crippen LogP contribution in [-0.2, 0) is 20.0 Å². The SMILES string of the molecule is CCNS(=O)(=O)CCNS(=O)(=O)c1cn[nH]c1N. The Kier molecular flexibility index (Phi) is 4.67. The molecule has 18 heavy (non-hydrogen) atoms. The Morgan fingerprint density at radius 3 is 2.50 bits per heavy atom. The topological polar surface area (TPSA) is 147 Å². The van der Waals surface area contributed by atoms with E-state index in [0.29, 0.717) is 0 Å². The van der Waals surface area contributed by atoms with Crippen LogP contribution in [0.15, 0.2) is 11.1 Å². The summed E-state index contributed by atoms with van der Waals surface area (Å²) in [5.74, 6) is -0.449. The van der Waals surface area contributed by atoms with Crippen LogP contribution in [0, 0.1) is 0 Å². The molecule has 0 saturated heterocycles. The van der Waals surface area contributed by atoms with Crippen molar-refractivity contribution >= 4 is 25.9 Å². The first-order chi connectivity index (χ1) is 8.28. The highest BCUT2D eigenvalue weighted by atomic mass is 32.2. The minimum Gasteiger partial charge on any atom is -0.383 e. The van der Waals surface area contributed by atoms with Crippen LogP contribution in [0.2, 0.25) is 0 Å². The van der Waals surface area contributed by atoms with Gasteiger partial charge in [0, 0.05) is 13.1 Å². The van der Waals surface area contributed by atoms with E-state index >= 15 is 0 Å². The van der Waals surface area contributed by atoms with Crippen molar-refractivity contribution in [3.8, 4) is 0 Å². The van der Waals surface area contributed by atoms with Gasteiger partial charge in [0.15, 0.2) is 0 Å². The number of H-pyrrole nitrogens is 1. The third-order valence-electron chi connectivity index (χ3n) is 1.95. The van der Waals surface area contributed by atoms with Gasteiger partial charge in [-0.25, -0.2) is 26.3 Å². The first-order valence-electron chi connectivity index (χ1n) is 5.04. The van der Waals surface area contributed by atoms with E-state index in [1.165, 1.54) is 0 Å². The molecule has 0 aliphatic heterocycles. The molecule has 0 fully saturated rings. The van der Waals surface area contributed by atoms with Gasteiger partial charge >= 0.3 is 0 Å². The van der Waals surface area contributed by atoms with E-state index in [1.54, 1.807) is 6.92 Å². The van der Waals surface area contributed by atoms with Crippen molar-refractivity contribution in [1.29, 1.82) is 0 Å². The molecule has 1 aromatic heterocycles. The molecule has 0 aliphatic rings. The molecule has 0 atom stereocenters. The summed E-state index contributed by atoms with van der Waals surface area (Å²) in [4.78, 5) is -0.205. The van der Waals surface area contributed by atoms with Gasteiger partial charge in [0.2, 0.25) is 20.0 Å². The predicted molar refractivity (Wildman–Crippen MR) is 65.7 cm³/mol. The number of sulfonamides is 2. The molecule has 0 amide bonds. The Bertz CT molecular complexity index is 591. The molecular weight excluding hydrogens is 282 g/mol. The van der Waals surface area contributed by atoms with Crippen molar-refractivity contribution in [2.24, 2.45) is 0 Å². The maximum Gasteiger partial charge on any atom is 0.245 e. The summed E-state index contributed by atoms with van der Waals surface area (Å²) < 4.78 is 50.3. The van der Waals surface area contributed by atoms with E-state index < -0.39 is 20.0 Å². The largest absolute Gasteiger partial charge is 0.383 e. The van der Waals surface area contributed by atoms with Crippen molar-refractivity contribution < 1.29 is 16.8 Å². The molecule has 0 saturated carbocycles. The lowest BCUT2D eigenvalue weighted by molar-refractivity contribution is 0.577. The summed E-state index contributed by atoms with van der Waals surface area (Å²) in [6.07, 6.45) is 1.05. The monoisotopic (exact) mass is 297 g/mol. The molecule has 1 heterocycles. The van der Waals surface area contributed by atoms with Gasteiger partial charge < -0.3 is 5.73 Å². The molecule has 0 spiro atoms. The summed E-state index contributed by atoms with van der Waals surface area (Å²) in [7, 11) is -7.31. The van der Waals surface area contributed by atoms with Gasteiger partial charge in [-0.05, 0) is 0 Å². The van der Waals surface area contributed by atoms with Crippen LogP contribution in [-0.4, -0.2) is 45.9 Å². The van der Waals surface area contributed by atoms with Gasteiger partial charge in [0.25, 0.3) is 0 Å². The molecule has 0 radical (unpaired) electrons. The lowest BCUT2D eigenvalue weighted by atomic mass is 10.7. The summed E-state index contributed by atoms with van der Waals surface area (Å²) in [5.41, 5.74) is 5.36. The van der Waals surface area contributed by atoms with Crippen LogP contribution >= 0.6 is 0 Å². The number of aromatic nitrogens is 2. The molecule has 0 bridgehead atoms. The maximum atomic E-state index is 11.7. The van der Waals surface area contributed by atoms with Crippen LogP contribution < -0.4 is 15.2 Å². The Balaban J connectivity index is 2.62. The number of nitrogens with zero attached hydrogens (tertiary/aromatic N) is 1. The van der Waals surface area contributed by atoms with Crippen LogP contribution in [0.25, 0.3) is 0 Å². The molecule has 104 valence electrons. The van der Waals surface area contributed by atoms with Crippen LogP contribution in [0.4, 0.5) is 5.82 Å². The Labute approximate surface area is 105 Å². The number of rotatable bonds is 7. The third kappa shape index (κ3) is 3.94. The van der Waals surface area contributed by atoms with Crippen molar-refractivity contribution in [2.45, 2.75) is 11.8 Å². The van der Waals surface area contributed by atoms with Gasteiger partial charge in [-0.15, -0.1) is 0 Å². The van der Waals surface area contributed by atoms with Gasteiger partial charge in [0.1, 0.15) is 10.7 Å². The second-order valence-corrected chi connectivity index (χ2v) is 7.02. The zero-order chi connectivity index (χ0) is 13.8. The lowest BCUT2D eigenvalue weighted by Crippen LogP contribution is -2.34. The molecule has 1 aromatic rings. The van der Waals surface area contributed by atoms with E-state index in [9.17, 15) is 16.8 Å². The first kappa shape index (κ1) is 14.9. The normalized spacial score (nSPS) is 12.7. The second kappa shape index (κ2) is 5.65. The Morgan fingerprint density at radius 1 is 1.33 bits per heavy atom. The molecular formula is C7H15N5O4S2. The molecule has 0 unspecified atom stereocenters.